The van der Waals surface area contributed by atoms with Crippen molar-refractivity contribution in [3.05, 3.63) is 53.1 Å². The molecule has 0 aliphatic heterocycles. The third-order valence-electron chi connectivity index (χ3n) is 3.27. The van der Waals surface area contributed by atoms with Gasteiger partial charge in [-0.25, -0.2) is 0 Å². The highest BCUT2D eigenvalue weighted by atomic mass is 35.5. The third-order valence-corrected chi connectivity index (χ3v) is 3.57. The van der Waals surface area contributed by atoms with Crippen LogP contribution in [0.5, 0.6) is 11.5 Å². The minimum Gasteiger partial charge on any atom is -0.493 e. The first-order chi connectivity index (χ1) is 12.9. The van der Waals surface area contributed by atoms with Crippen molar-refractivity contribution in [3.63, 3.8) is 0 Å². The summed E-state index contributed by atoms with van der Waals surface area (Å²) < 4.78 is 34.0. The second-order valence-electron chi connectivity index (χ2n) is 5.18. The van der Waals surface area contributed by atoms with Gasteiger partial charge >= 0.3 is 6.61 Å². The second-order valence-corrected chi connectivity index (χ2v) is 5.59. The van der Waals surface area contributed by atoms with Gasteiger partial charge in [-0.2, -0.15) is 8.78 Å². The summed E-state index contributed by atoms with van der Waals surface area (Å²) in [6.45, 7) is -1.11. The summed E-state index contributed by atoms with van der Waals surface area (Å²) in [5.41, 5.74) is 0.583. The number of nitrogens with one attached hydrogen (secondary N) is 2. The Morgan fingerprint density at radius 1 is 1.15 bits per heavy atom. The van der Waals surface area contributed by atoms with Crippen molar-refractivity contribution in [2.24, 2.45) is 0 Å². The summed E-state index contributed by atoms with van der Waals surface area (Å²) in [7, 11) is 0. The molecule has 0 fully saturated rings. The molecule has 27 heavy (non-hydrogen) atoms. The second kappa shape index (κ2) is 9.72. The van der Waals surface area contributed by atoms with Gasteiger partial charge in [-0.15, -0.1) is 0 Å². The summed E-state index contributed by atoms with van der Waals surface area (Å²) in [5, 5.41) is 4.90. The van der Waals surface area contributed by atoms with Crippen molar-refractivity contribution in [1.82, 2.24) is 5.32 Å². The number of ether oxygens (including phenoxy) is 2. The van der Waals surface area contributed by atoms with Crippen molar-refractivity contribution >= 4 is 29.1 Å². The highest BCUT2D eigenvalue weighted by Gasteiger charge is 2.14. The number of benzene rings is 2. The van der Waals surface area contributed by atoms with Crippen molar-refractivity contribution in [2.75, 3.05) is 18.5 Å². The van der Waals surface area contributed by atoms with Gasteiger partial charge in [0.15, 0.2) is 0 Å². The van der Waals surface area contributed by atoms with Crippen LogP contribution in [-0.4, -0.2) is 31.6 Å². The van der Waals surface area contributed by atoms with Crippen LogP contribution in [0.25, 0.3) is 0 Å². The number of alkyl halides is 2. The molecular weight excluding hydrogens is 382 g/mol. The summed E-state index contributed by atoms with van der Waals surface area (Å²) in [4.78, 5) is 24.2. The molecule has 9 heteroatoms. The van der Waals surface area contributed by atoms with Crippen LogP contribution in [0.15, 0.2) is 42.5 Å². The quantitative estimate of drug-likeness (QED) is 0.710. The molecule has 2 amide bonds. The van der Waals surface area contributed by atoms with E-state index in [1.165, 1.54) is 18.2 Å². The fourth-order valence-corrected chi connectivity index (χ4v) is 2.39. The molecule has 2 aromatic rings. The third kappa shape index (κ3) is 6.10. The maximum absolute atomic E-state index is 12.2. The molecule has 2 N–H and O–H groups in total. The molecular formula is C18H17ClF2N2O4. The first kappa shape index (κ1) is 20.4. The fourth-order valence-electron chi connectivity index (χ4n) is 2.17. The first-order valence-corrected chi connectivity index (χ1v) is 8.32. The first-order valence-electron chi connectivity index (χ1n) is 7.95. The Morgan fingerprint density at radius 2 is 1.89 bits per heavy atom. The van der Waals surface area contributed by atoms with E-state index in [0.717, 1.165) is 0 Å². The van der Waals surface area contributed by atoms with Crippen LogP contribution in [0, 0.1) is 0 Å². The molecule has 6 nitrogen and oxygen atoms in total. The smallest absolute Gasteiger partial charge is 0.387 e. The number of hydrogen-bond acceptors (Lipinski definition) is 4. The van der Waals surface area contributed by atoms with Gasteiger partial charge in [0.05, 0.1) is 23.7 Å². The monoisotopic (exact) mass is 398 g/mol. The Bertz CT molecular complexity index is 818. The summed E-state index contributed by atoms with van der Waals surface area (Å²) in [5.74, 6) is -0.770. The van der Waals surface area contributed by atoms with Crippen LogP contribution in [0.1, 0.15) is 17.3 Å². The van der Waals surface area contributed by atoms with E-state index in [1.54, 1.807) is 31.2 Å². The van der Waals surface area contributed by atoms with E-state index in [2.05, 4.69) is 15.4 Å². The zero-order valence-corrected chi connectivity index (χ0v) is 15.1. The summed E-state index contributed by atoms with van der Waals surface area (Å²) in [6, 6.07) is 10.5. The predicted molar refractivity (Wildman–Crippen MR) is 96.7 cm³/mol. The standard InChI is InChI=1S/C18H17ClF2N2O4/c1-2-26-14-6-4-3-5-12(14)17(25)22-10-16(24)23-11-7-8-15(13(19)9-11)27-18(20)21/h3-9,18H,2,10H2,1H3,(H,22,25)(H,23,24). The average molecular weight is 399 g/mol. The molecule has 0 atom stereocenters. The number of carbonyl (C=O) groups excluding carboxylic acids is 2. The molecule has 0 spiro atoms. The number of carbonyl (C=O) groups is 2. The molecule has 2 aromatic carbocycles. The van der Waals surface area contributed by atoms with Gasteiger partial charge in [0.2, 0.25) is 5.91 Å². The Kier molecular flexibility index (Phi) is 7.36. The number of anilines is 1. The molecule has 0 bridgehead atoms. The van der Waals surface area contributed by atoms with Crippen LogP contribution in [0.4, 0.5) is 14.5 Å². The normalized spacial score (nSPS) is 10.4. The Labute approximate surface area is 159 Å². The van der Waals surface area contributed by atoms with Gasteiger partial charge in [-0.1, -0.05) is 23.7 Å². The lowest BCUT2D eigenvalue weighted by molar-refractivity contribution is -0.115. The van der Waals surface area contributed by atoms with Gasteiger partial charge in [-0.05, 0) is 37.3 Å². The minimum absolute atomic E-state index is 0.0808. The average Bonchev–Trinajstić information content (AvgIpc) is 2.62. The molecule has 2 rings (SSSR count). The Balaban J connectivity index is 1.93. The molecule has 0 radical (unpaired) electrons. The van der Waals surface area contributed by atoms with Gasteiger partial charge in [0, 0.05) is 5.69 Å². The van der Waals surface area contributed by atoms with E-state index >= 15 is 0 Å². The van der Waals surface area contributed by atoms with Crippen LogP contribution in [0.2, 0.25) is 5.02 Å². The molecule has 0 saturated carbocycles. The number of para-hydroxylation sites is 1. The lowest BCUT2D eigenvalue weighted by Crippen LogP contribution is -2.33. The van der Waals surface area contributed by atoms with Gasteiger partial charge in [0.25, 0.3) is 5.91 Å². The number of hydrogen-bond donors (Lipinski definition) is 2. The van der Waals surface area contributed by atoms with Gasteiger partial charge in [0.1, 0.15) is 11.5 Å². The van der Waals surface area contributed by atoms with E-state index < -0.39 is 18.4 Å². The number of rotatable bonds is 8. The largest absolute Gasteiger partial charge is 0.493 e. The van der Waals surface area contributed by atoms with Crippen molar-refractivity contribution in [3.8, 4) is 11.5 Å². The van der Waals surface area contributed by atoms with E-state index in [1.807, 2.05) is 0 Å². The van der Waals surface area contributed by atoms with Crippen molar-refractivity contribution in [1.29, 1.82) is 0 Å². The van der Waals surface area contributed by atoms with Crippen molar-refractivity contribution < 1.29 is 27.8 Å². The van der Waals surface area contributed by atoms with E-state index in [-0.39, 0.29) is 23.0 Å². The summed E-state index contributed by atoms with van der Waals surface area (Å²) >= 11 is 5.82. The van der Waals surface area contributed by atoms with Crippen LogP contribution in [0.3, 0.4) is 0 Å². The molecule has 144 valence electrons. The van der Waals surface area contributed by atoms with Crippen LogP contribution >= 0.6 is 11.6 Å². The molecule has 0 unspecified atom stereocenters. The number of amides is 2. The highest BCUT2D eigenvalue weighted by Crippen LogP contribution is 2.28. The molecule has 0 aromatic heterocycles. The zero-order chi connectivity index (χ0) is 19.8. The Morgan fingerprint density at radius 3 is 2.56 bits per heavy atom. The van der Waals surface area contributed by atoms with E-state index in [4.69, 9.17) is 16.3 Å². The number of halogens is 3. The predicted octanol–water partition coefficient (Wildman–Crippen LogP) is 3.71. The van der Waals surface area contributed by atoms with Gasteiger partial charge in [-0.3, -0.25) is 9.59 Å². The van der Waals surface area contributed by atoms with E-state index in [9.17, 15) is 18.4 Å². The lowest BCUT2D eigenvalue weighted by atomic mass is 10.2. The van der Waals surface area contributed by atoms with Gasteiger partial charge < -0.3 is 20.1 Å². The van der Waals surface area contributed by atoms with E-state index in [0.29, 0.717) is 17.9 Å². The fraction of sp³-hybridized carbons (Fsp3) is 0.222. The highest BCUT2D eigenvalue weighted by molar-refractivity contribution is 6.32. The van der Waals surface area contributed by atoms with Crippen LogP contribution < -0.4 is 20.1 Å². The van der Waals surface area contributed by atoms with Crippen molar-refractivity contribution in [2.45, 2.75) is 13.5 Å². The van der Waals surface area contributed by atoms with Crippen LogP contribution in [-0.2, 0) is 4.79 Å². The Hall–Kier alpha value is -2.87. The molecule has 0 aliphatic rings. The minimum atomic E-state index is -3.00. The SMILES string of the molecule is CCOc1ccccc1C(=O)NCC(=O)Nc1ccc(OC(F)F)c(Cl)c1. The topological polar surface area (TPSA) is 76.7 Å². The lowest BCUT2D eigenvalue weighted by Gasteiger charge is -2.11. The molecule has 0 saturated heterocycles. The zero-order valence-electron chi connectivity index (χ0n) is 14.3. The maximum Gasteiger partial charge on any atom is 0.387 e. The molecule has 0 aliphatic carbocycles. The molecule has 0 heterocycles. The summed E-state index contributed by atoms with van der Waals surface area (Å²) in [6.07, 6.45) is 0. The maximum atomic E-state index is 12.2.